The van der Waals surface area contributed by atoms with Crippen LogP contribution >= 0.6 is 0 Å². The quantitative estimate of drug-likeness (QED) is 0.783. The van der Waals surface area contributed by atoms with Crippen LogP contribution in [0.2, 0.25) is 0 Å². The first-order valence-electron chi connectivity index (χ1n) is 7.58. The molecule has 1 aromatic rings. The molecule has 1 heterocycles. The van der Waals surface area contributed by atoms with Crippen molar-refractivity contribution in [2.45, 2.75) is 26.3 Å². The Morgan fingerprint density at radius 1 is 1.33 bits per heavy atom. The van der Waals surface area contributed by atoms with Crippen LogP contribution in [-0.2, 0) is 11.3 Å². The van der Waals surface area contributed by atoms with E-state index in [0.717, 1.165) is 19.4 Å². The molecule has 1 N–H and O–H groups in total. The maximum atomic E-state index is 14.2. The second-order valence-electron chi connectivity index (χ2n) is 5.64. The van der Waals surface area contributed by atoms with E-state index in [1.54, 1.807) is 12.0 Å². The average Bonchev–Trinajstić information content (AvgIpc) is 2.87. The molecule has 0 aromatic heterocycles. The van der Waals surface area contributed by atoms with E-state index in [2.05, 4.69) is 12.2 Å². The molecule has 21 heavy (non-hydrogen) atoms. The third-order valence-corrected chi connectivity index (χ3v) is 3.84. The van der Waals surface area contributed by atoms with Gasteiger partial charge in [-0.25, -0.2) is 8.78 Å². The van der Waals surface area contributed by atoms with Crippen molar-refractivity contribution in [3.8, 4) is 0 Å². The molecule has 1 fully saturated rings. The minimum atomic E-state index is -0.471. The summed E-state index contributed by atoms with van der Waals surface area (Å²) in [5.41, 5.74) is 0.752. The summed E-state index contributed by atoms with van der Waals surface area (Å²) in [6, 6.07) is 2.87. The van der Waals surface area contributed by atoms with Gasteiger partial charge in [-0.1, -0.05) is 6.92 Å². The Bertz CT molecular complexity index is 445. The molecule has 0 saturated carbocycles. The van der Waals surface area contributed by atoms with Gasteiger partial charge in [0.1, 0.15) is 17.3 Å². The van der Waals surface area contributed by atoms with Crippen molar-refractivity contribution in [2.75, 3.05) is 38.3 Å². The molecule has 1 aliphatic rings. The fourth-order valence-corrected chi connectivity index (χ4v) is 2.84. The summed E-state index contributed by atoms with van der Waals surface area (Å²) in [4.78, 5) is 1.79. The molecule has 1 unspecified atom stereocenters. The van der Waals surface area contributed by atoms with Crippen LogP contribution in [0.15, 0.2) is 12.1 Å². The molecular weight excluding hydrogens is 274 g/mol. The third kappa shape index (κ3) is 4.14. The van der Waals surface area contributed by atoms with Gasteiger partial charge in [-0.15, -0.1) is 0 Å². The summed E-state index contributed by atoms with van der Waals surface area (Å²) >= 11 is 0. The van der Waals surface area contributed by atoms with Gasteiger partial charge in [-0.2, -0.15) is 0 Å². The molecule has 1 aliphatic heterocycles. The predicted octanol–water partition coefficient (Wildman–Crippen LogP) is 2.94. The normalized spacial score (nSPS) is 18.5. The second-order valence-corrected chi connectivity index (χ2v) is 5.64. The summed E-state index contributed by atoms with van der Waals surface area (Å²) in [5.74, 6) is -0.595. The third-order valence-electron chi connectivity index (χ3n) is 3.84. The van der Waals surface area contributed by atoms with Gasteiger partial charge in [-0.3, -0.25) is 0 Å². The van der Waals surface area contributed by atoms with Gasteiger partial charge in [0.05, 0.1) is 6.61 Å². The van der Waals surface area contributed by atoms with E-state index in [1.807, 2.05) is 0 Å². The molecule has 1 saturated heterocycles. The summed E-state index contributed by atoms with van der Waals surface area (Å²) in [6.45, 7) is 5.36. The van der Waals surface area contributed by atoms with Crippen LogP contribution in [0.5, 0.6) is 0 Å². The molecule has 0 bridgehead atoms. The Hall–Kier alpha value is -1.20. The molecule has 0 amide bonds. The van der Waals surface area contributed by atoms with Gasteiger partial charge in [0.2, 0.25) is 0 Å². The lowest BCUT2D eigenvalue weighted by Crippen LogP contribution is -2.23. The van der Waals surface area contributed by atoms with E-state index < -0.39 is 11.6 Å². The fraction of sp³-hybridized carbons (Fsp3) is 0.625. The van der Waals surface area contributed by atoms with Crippen LogP contribution in [0.3, 0.4) is 0 Å². The summed E-state index contributed by atoms with van der Waals surface area (Å²) in [6.07, 6.45) is 1.91. The highest BCUT2D eigenvalue weighted by atomic mass is 19.1. The van der Waals surface area contributed by atoms with Crippen molar-refractivity contribution in [2.24, 2.45) is 5.92 Å². The van der Waals surface area contributed by atoms with Crippen molar-refractivity contribution in [3.63, 3.8) is 0 Å². The Kier molecular flexibility index (Phi) is 5.94. The smallest absolute Gasteiger partial charge is 0.149 e. The SMILES string of the molecule is CCCNCc1cc(F)c(N2CCC(COC)C2)c(F)c1. The molecular formula is C16H24F2N2O. The Morgan fingerprint density at radius 3 is 2.67 bits per heavy atom. The number of benzene rings is 1. The zero-order valence-corrected chi connectivity index (χ0v) is 12.8. The molecule has 118 valence electrons. The van der Waals surface area contributed by atoms with Crippen LogP contribution < -0.4 is 10.2 Å². The molecule has 5 heteroatoms. The molecule has 3 nitrogen and oxygen atoms in total. The maximum Gasteiger partial charge on any atom is 0.149 e. The molecule has 0 aliphatic carbocycles. The van der Waals surface area contributed by atoms with Gasteiger partial charge in [0.15, 0.2) is 0 Å². The van der Waals surface area contributed by atoms with Crippen LogP contribution in [0, 0.1) is 17.6 Å². The predicted molar refractivity (Wildman–Crippen MR) is 80.6 cm³/mol. The maximum absolute atomic E-state index is 14.2. The number of nitrogens with one attached hydrogen (secondary N) is 1. The highest BCUT2D eigenvalue weighted by Gasteiger charge is 2.27. The number of anilines is 1. The first-order chi connectivity index (χ1) is 10.2. The minimum Gasteiger partial charge on any atom is -0.384 e. The first kappa shape index (κ1) is 16.2. The van der Waals surface area contributed by atoms with Crippen molar-refractivity contribution < 1.29 is 13.5 Å². The highest BCUT2D eigenvalue weighted by Crippen LogP contribution is 2.30. The Balaban J connectivity index is 2.07. The van der Waals surface area contributed by atoms with Gasteiger partial charge >= 0.3 is 0 Å². The number of rotatable bonds is 7. The van der Waals surface area contributed by atoms with E-state index in [4.69, 9.17) is 4.74 Å². The van der Waals surface area contributed by atoms with Crippen LogP contribution in [0.4, 0.5) is 14.5 Å². The number of hydrogen-bond donors (Lipinski definition) is 1. The van der Waals surface area contributed by atoms with Gasteiger partial charge < -0.3 is 15.0 Å². The van der Waals surface area contributed by atoms with Crippen molar-refractivity contribution in [3.05, 3.63) is 29.3 Å². The Labute approximate surface area is 125 Å². The monoisotopic (exact) mass is 298 g/mol. The van der Waals surface area contributed by atoms with E-state index in [-0.39, 0.29) is 5.69 Å². The van der Waals surface area contributed by atoms with E-state index >= 15 is 0 Å². The van der Waals surface area contributed by atoms with E-state index in [0.29, 0.717) is 37.7 Å². The molecule has 1 aromatic carbocycles. The molecule has 0 spiro atoms. The topological polar surface area (TPSA) is 24.5 Å². The molecule has 0 radical (unpaired) electrons. The fourth-order valence-electron chi connectivity index (χ4n) is 2.84. The number of nitrogens with zero attached hydrogens (tertiary/aromatic N) is 1. The lowest BCUT2D eigenvalue weighted by Gasteiger charge is -2.21. The lowest BCUT2D eigenvalue weighted by molar-refractivity contribution is 0.161. The highest BCUT2D eigenvalue weighted by molar-refractivity contribution is 5.51. The molecule has 1 atom stereocenters. The number of ether oxygens (including phenoxy) is 1. The van der Waals surface area contributed by atoms with Crippen molar-refractivity contribution >= 4 is 5.69 Å². The van der Waals surface area contributed by atoms with Crippen LogP contribution in [0.1, 0.15) is 25.3 Å². The second kappa shape index (κ2) is 7.71. The zero-order chi connectivity index (χ0) is 15.2. The van der Waals surface area contributed by atoms with Crippen LogP contribution in [0.25, 0.3) is 0 Å². The summed E-state index contributed by atoms with van der Waals surface area (Å²) < 4.78 is 33.6. The largest absolute Gasteiger partial charge is 0.384 e. The standard InChI is InChI=1S/C16H24F2N2O/c1-3-5-19-9-13-7-14(17)16(15(18)8-13)20-6-4-12(10-20)11-21-2/h7-8,12,19H,3-6,9-11H2,1-2H3. The average molecular weight is 298 g/mol. The summed E-state index contributed by atoms with van der Waals surface area (Å²) in [5, 5.41) is 3.16. The van der Waals surface area contributed by atoms with E-state index in [1.165, 1.54) is 12.1 Å². The summed E-state index contributed by atoms with van der Waals surface area (Å²) in [7, 11) is 1.65. The van der Waals surface area contributed by atoms with Crippen molar-refractivity contribution in [1.82, 2.24) is 5.32 Å². The van der Waals surface area contributed by atoms with Gasteiger partial charge in [-0.05, 0) is 37.1 Å². The van der Waals surface area contributed by atoms with E-state index in [9.17, 15) is 8.78 Å². The van der Waals surface area contributed by atoms with Gasteiger partial charge in [0.25, 0.3) is 0 Å². The first-order valence-corrected chi connectivity index (χ1v) is 7.58. The Morgan fingerprint density at radius 2 is 2.05 bits per heavy atom. The number of halogens is 2. The van der Waals surface area contributed by atoms with Crippen LogP contribution in [-0.4, -0.2) is 33.4 Å². The van der Waals surface area contributed by atoms with Gasteiger partial charge in [0, 0.05) is 32.7 Å². The lowest BCUT2D eigenvalue weighted by atomic mass is 10.1. The molecule has 2 rings (SSSR count). The number of methoxy groups -OCH3 is 1. The minimum absolute atomic E-state index is 0.104. The van der Waals surface area contributed by atoms with Crippen molar-refractivity contribution in [1.29, 1.82) is 0 Å². The number of hydrogen-bond acceptors (Lipinski definition) is 3. The zero-order valence-electron chi connectivity index (χ0n) is 12.8.